The lowest BCUT2D eigenvalue weighted by molar-refractivity contribution is -0.384. The van der Waals surface area contributed by atoms with Gasteiger partial charge in [-0.25, -0.2) is 0 Å². The molecule has 0 aromatic heterocycles. The molecule has 0 aliphatic rings. The highest BCUT2D eigenvalue weighted by Gasteiger charge is 2.09. The Morgan fingerprint density at radius 3 is 1.81 bits per heavy atom. The van der Waals surface area contributed by atoms with Crippen molar-refractivity contribution in [2.24, 2.45) is 0 Å². The number of nitrogen functional groups attached to an aromatic ring is 1. The molecule has 0 atom stereocenters. The molecule has 0 saturated carbocycles. The number of amides is 2. The normalized spacial score (nSPS) is 10.2. The second-order valence-corrected chi connectivity index (χ2v) is 6.08. The molecular formula is C22H26N4O6. The molecule has 0 aliphatic heterocycles. The van der Waals surface area contributed by atoms with Crippen LogP contribution in [0.3, 0.4) is 0 Å². The maximum atomic E-state index is 11.0. The molecule has 0 fully saturated rings. The number of nitrogens with one attached hydrogen (secondary N) is 2. The van der Waals surface area contributed by atoms with Crippen molar-refractivity contribution in [3.8, 4) is 11.5 Å². The Morgan fingerprint density at radius 1 is 0.906 bits per heavy atom. The minimum atomic E-state index is -0.503. The van der Waals surface area contributed by atoms with Crippen LogP contribution < -0.4 is 25.8 Å². The van der Waals surface area contributed by atoms with Gasteiger partial charge >= 0.3 is 0 Å². The summed E-state index contributed by atoms with van der Waals surface area (Å²) in [6.45, 7) is 0. The number of likely N-dealkylation sites (N-methyl/N-ethyl adjacent to an activating group) is 2. The van der Waals surface area contributed by atoms with E-state index in [1.54, 1.807) is 38.4 Å². The van der Waals surface area contributed by atoms with Crippen molar-refractivity contribution in [2.45, 2.75) is 0 Å². The molecule has 2 aromatic carbocycles. The molecule has 0 saturated heterocycles. The maximum absolute atomic E-state index is 11.0. The van der Waals surface area contributed by atoms with Crippen LogP contribution in [0, 0.1) is 10.1 Å². The minimum absolute atomic E-state index is 0.0534. The Morgan fingerprint density at radius 2 is 1.38 bits per heavy atom. The van der Waals surface area contributed by atoms with Gasteiger partial charge < -0.3 is 25.8 Å². The first kappa shape index (κ1) is 25.7. The molecule has 10 heteroatoms. The number of nitro benzene ring substituents is 1. The van der Waals surface area contributed by atoms with Gasteiger partial charge in [-0.3, -0.25) is 19.7 Å². The van der Waals surface area contributed by atoms with Crippen LogP contribution in [0.15, 0.2) is 48.6 Å². The van der Waals surface area contributed by atoms with E-state index in [9.17, 15) is 19.7 Å². The molecule has 0 spiro atoms. The molecule has 4 N–H and O–H groups in total. The molecule has 0 aliphatic carbocycles. The van der Waals surface area contributed by atoms with Gasteiger partial charge in [0.15, 0.2) is 0 Å². The number of benzene rings is 2. The lowest BCUT2D eigenvalue weighted by atomic mass is 10.1. The molecule has 0 unspecified atom stereocenters. The number of nitrogens with two attached hydrogens (primary N) is 1. The summed E-state index contributed by atoms with van der Waals surface area (Å²) < 4.78 is 10.2. The molecule has 2 amide bonds. The fourth-order valence-corrected chi connectivity index (χ4v) is 2.35. The van der Waals surface area contributed by atoms with Crippen LogP contribution >= 0.6 is 0 Å². The lowest BCUT2D eigenvalue weighted by Gasteiger charge is -2.05. The van der Waals surface area contributed by atoms with Gasteiger partial charge in [0.1, 0.15) is 11.5 Å². The molecule has 170 valence electrons. The summed E-state index contributed by atoms with van der Waals surface area (Å²) in [4.78, 5) is 32.1. The Labute approximate surface area is 185 Å². The van der Waals surface area contributed by atoms with Crippen molar-refractivity contribution in [3.05, 3.63) is 69.8 Å². The van der Waals surface area contributed by atoms with E-state index in [2.05, 4.69) is 10.6 Å². The standard InChI is InChI=1S/C11H12N2O4.C11H14N2O2/c1-12-11(14)6-3-8-7-9(13(15)16)4-5-10(8)17-2;1-13-11(14)6-3-8-7-9(12)4-5-10(8)15-2/h3-7H,1-2H3,(H,12,14);3-7H,12H2,1-2H3,(H,13,14). The number of hydrogen-bond donors (Lipinski definition) is 3. The van der Waals surface area contributed by atoms with Crippen molar-refractivity contribution in [1.29, 1.82) is 0 Å². The average Bonchev–Trinajstić information content (AvgIpc) is 2.81. The van der Waals surface area contributed by atoms with Crippen LogP contribution in [0.5, 0.6) is 11.5 Å². The van der Waals surface area contributed by atoms with Gasteiger partial charge in [-0.05, 0) is 36.4 Å². The van der Waals surface area contributed by atoms with Gasteiger partial charge in [0, 0.05) is 55.2 Å². The van der Waals surface area contributed by atoms with E-state index in [0.717, 1.165) is 5.56 Å². The summed E-state index contributed by atoms with van der Waals surface area (Å²) in [7, 11) is 6.10. The molecule has 2 aromatic rings. The number of rotatable bonds is 7. The number of carbonyl (C=O) groups excluding carboxylic acids is 2. The Hall–Kier alpha value is -4.34. The summed E-state index contributed by atoms with van der Waals surface area (Å²) in [5, 5.41) is 15.5. The Bertz CT molecular complexity index is 1020. The number of nitrogens with zero attached hydrogens (tertiary/aromatic N) is 1. The van der Waals surface area contributed by atoms with E-state index in [1.165, 1.54) is 50.6 Å². The van der Waals surface area contributed by atoms with Crippen LogP contribution in [0.1, 0.15) is 11.1 Å². The van der Waals surface area contributed by atoms with Gasteiger partial charge in [0.25, 0.3) is 5.69 Å². The van der Waals surface area contributed by atoms with Gasteiger partial charge in [-0.15, -0.1) is 0 Å². The van der Waals surface area contributed by atoms with E-state index in [0.29, 0.717) is 22.7 Å². The third kappa shape index (κ3) is 8.19. The fraction of sp³-hybridized carbons (Fsp3) is 0.182. The van der Waals surface area contributed by atoms with Crippen LogP contribution in [-0.4, -0.2) is 45.1 Å². The average molecular weight is 442 g/mol. The van der Waals surface area contributed by atoms with E-state index in [4.69, 9.17) is 15.2 Å². The van der Waals surface area contributed by atoms with Crippen LogP contribution in [0.25, 0.3) is 12.2 Å². The van der Waals surface area contributed by atoms with E-state index < -0.39 is 4.92 Å². The molecule has 0 bridgehead atoms. The Kier molecular flexibility index (Phi) is 10.5. The molecule has 2 rings (SSSR count). The van der Waals surface area contributed by atoms with Crippen molar-refractivity contribution in [1.82, 2.24) is 10.6 Å². The highest BCUT2D eigenvalue weighted by molar-refractivity contribution is 5.92. The molecule has 0 radical (unpaired) electrons. The number of nitro groups is 1. The fourth-order valence-electron chi connectivity index (χ4n) is 2.35. The van der Waals surface area contributed by atoms with E-state index >= 15 is 0 Å². The van der Waals surface area contributed by atoms with Crippen molar-refractivity contribution < 1.29 is 24.0 Å². The number of non-ortho nitro benzene ring substituents is 1. The zero-order chi connectivity index (χ0) is 24.1. The second kappa shape index (κ2) is 13.1. The number of hydrogen-bond acceptors (Lipinski definition) is 7. The smallest absolute Gasteiger partial charge is 0.270 e. The van der Waals surface area contributed by atoms with Crippen LogP contribution in [-0.2, 0) is 9.59 Å². The minimum Gasteiger partial charge on any atom is -0.496 e. The summed E-state index contributed by atoms with van der Waals surface area (Å²) in [5.74, 6) is 0.693. The molecular weight excluding hydrogens is 416 g/mol. The summed E-state index contributed by atoms with van der Waals surface area (Å²) >= 11 is 0. The highest BCUT2D eigenvalue weighted by atomic mass is 16.6. The zero-order valence-corrected chi connectivity index (χ0v) is 18.2. The number of ether oxygens (including phenoxy) is 2. The van der Waals surface area contributed by atoms with Crippen molar-refractivity contribution >= 4 is 35.3 Å². The predicted molar refractivity (Wildman–Crippen MR) is 123 cm³/mol. The van der Waals surface area contributed by atoms with Crippen molar-refractivity contribution in [3.63, 3.8) is 0 Å². The van der Waals surface area contributed by atoms with Crippen LogP contribution in [0.4, 0.5) is 11.4 Å². The molecule has 0 heterocycles. The van der Waals surface area contributed by atoms with Crippen LogP contribution in [0.2, 0.25) is 0 Å². The quantitative estimate of drug-likeness (QED) is 0.258. The van der Waals surface area contributed by atoms with Crippen molar-refractivity contribution in [2.75, 3.05) is 34.0 Å². The van der Waals surface area contributed by atoms with Gasteiger partial charge in [-0.1, -0.05) is 0 Å². The first-order valence-corrected chi connectivity index (χ1v) is 9.31. The monoisotopic (exact) mass is 442 g/mol. The molecule has 10 nitrogen and oxygen atoms in total. The molecule has 32 heavy (non-hydrogen) atoms. The predicted octanol–water partition coefficient (Wildman–Crippen LogP) is 2.40. The number of methoxy groups -OCH3 is 2. The zero-order valence-electron chi connectivity index (χ0n) is 18.2. The summed E-state index contributed by atoms with van der Waals surface area (Å²) in [6, 6.07) is 9.43. The third-order valence-electron chi connectivity index (χ3n) is 4.00. The highest BCUT2D eigenvalue weighted by Crippen LogP contribution is 2.25. The second-order valence-electron chi connectivity index (χ2n) is 6.08. The third-order valence-corrected chi connectivity index (χ3v) is 4.00. The first-order chi connectivity index (χ1) is 15.2. The Balaban J connectivity index is 0.000000323. The van der Waals surface area contributed by atoms with Gasteiger partial charge in [-0.2, -0.15) is 0 Å². The SMILES string of the molecule is CNC(=O)C=Cc1cc(N)ccc1OC.CNC(=O)C=Cc1cc([N+](=O)[O-])ccc1OC. The largest absolute Gasteiger partial charge is 0.496 e. The van der Waals surface area contributed by atoms with E-state index in [1.807, 2.05) is 0 Å². The number of carbonyl (C=O) groups is 2. The van der Waals surface area contributed by atoms with E-state index in [-0.39, 0.29) is 17.5 Å². The first-order valence-electron chi connectivity index (χ1n) is 9.31. The maximum Gasteiger partial charge on any atom is 0.270 e. The summed E-state index contributed by atoms with van der Waals surface area (Å²) in [5.41, 5.74) is 7.47. The lowest BCUT2D eigenvalue weighted by Crippen LogP contribution is -2.13. The van der Waals surface area contributed by atoms with Gasteiger partial charge in [0.2, 0.25) is 11.8 Å². The summed E-state index contributed by atoms with van der Waals surface area (Å²) in [6.07, 6.45) is 5.83. The van der Waals surface area contributed by atoms with Gasteiger partial charge in [0.05, 0.1) is 19.1 Å². The number of anilines is 1. The topological polar surface area (TPSA) is 146 Å².